The first-order chi connectivity index (χ1) is 10.5. The second-order valence-corrected chi connectivity index (χ2v) is 5.77. The van der Waals surface area contributed by atoms with Crippen LogP contribution in [-0.4, -0.2) is 28.2 Å². The number of nitrogens with zero attached hydrogens (tertiary/aromatic N) is 2. The van der Waals surface area contributed by atoms with Crippen LogP contribution in [-0.2, 0) is 0 Å². The van der Waals surface area contributed by atoms with Gasteiger partial charge in [-0.05, 0) is 36.1 Å². The van der Waals surface area contributed by atoms with Crippen LogP contribution in [0.4, 0.5) is 10.3 Å². The molecule has 2 rings (SSSR count). The van der Waals surface area contributed by atoms with Crippen molar-refractivity contribution >= 4 is 5.95 Å². The smallest absolute Gasteiger partial charge is 0.225 e. The fourth-order valence-corrected chi connectivity index (χ4v) is 1.82. The molecule has 2 N–H and O–H groups in total. The third-order valence-electron chi connectivity index (χ3n) is 3.18. The van der Waals surface area contributed by atoms with E-state index in [-0.39, 0.29) is 17.8 Å². The summed E-state index contributed by atoms with van der Waals surface area (Å²) in [6, 6.07) is 7.36. The number of benzene rings is 1. The Bertz CT molecular complexity index is 603. The number of halogens is 1. The number of anilines is 1. The molecule has 22 heavy (non-hydrogen) atoms. The minimum Gasteiger partial charge on any atom is -0.439 e. The monoisotopic (exact) mass is 305 g/mol. The molecule has 2 aromatic rings. The number of nitrogens with one attached hydrogen (secondary N) is 1. The molecule has 0 radical (unpaired) electrons. The molecular weight excluding hydrogens is 285 g/mol. The number of rotatable bonds is 7. The van der Waals surface area contributed by atoms with E-state index in [1.54, 1.807) is 12.3 Å². The first-order valence-corrected chi connectivity index (χ1v) is 7.10. The van der Waals surface area contributed by atoms with Crippen LogP contribution in [0.25, 0.3) is 0 Å². The van der Waals surface area contributed by atoms with Gasteiger partial charge in [0.1, 0.15) is 11.6 Å². The van der Waals surface area contributed by atoms with Gasteiger partial charge in [-0.25, -0.2) is 9.37 Å². The molecule has 1 heterocycles. The molecule has 0 aliphatic carbocycles. The minimum absolute atomic E-state index is 0.0636. The first-order valence-electron chi connectivity index (χ1n) is 7.10. The maximum Gasteiger partial charge on any atom is 0.225 e. The van der Waals surface area contributed by atoms with Crippen LogP contribution in [0.3, 0.4) is 0 Å². The van der Waals surface area contributed by atoms with Gasteiger partial charge in [-0.1, -0.05) is 13.8 Å². The molecule has 0 unspecified atom stereocenters. The van der Waals surface area contributed by atoms with E-state index in [1.165, 1.54) is 24.3 Å². The first kappa shape index (κ1) is 16.2. The maximum absolute atomic E-state index is 12.9. The van der Waals surface area contributed by atoms with Crippen molar-refractivity contribution in [1.82, 2.24) is 9.97 Å². The lowest BCUT2D eigenvalue weighted by Crippen LogP contribution is -2.25. The van der Waals surface area contributed by atoms with Crippen LogP contribution in [0.2, 0.25) is 0 Å². The highest BCUT2D eigenvalue weighted by Crippen LogP contribution is 2.22. The Morgan fingerprint density at radius 3 is 2.64 bits per heavy atom. The number of aromatic nitrogens is 2. The van der Waals surface area contributed by atoms with Crippen LogP contribution in [0.5, 0.6) is 11.6 Å². The van der Waals surface area contributed by atoms with Crippen LogP contribution in [0, 0.1) is 11.2 Å². The average molecular weight is 305 g/mol. The quantitative estimate of drug-likeness (QED) is 0.822. The Balaban J connectivity index is 1.99. The van der Waals surface area contributed by atoms with Crippen LogP contribution < -0.4 is 10.1 Å². The molecule has 0 aliphatic heterocycles. The van der Waals surface area contributed by atoms with Crippen LogP contribution in [0.15, 0.2) is 36.5 Å². The molecule has 0 bridgehead atoms. The number of hydrogen-bond acceptors (Lipinski definition) is 5. The predicted octanol–water partition coefficient (Wildman–Crippen LogP) is 3.23. The minimum atomic E-state index is -0.316. The van der Waals surface area contributed by atoms with Gasteiger partial charge in [0.25, 0.3) is 0 Å². The Morgan fingerprint density at radius 1 is 1.23 bits per heavy atom. The summed E-state index contributed by atoms with van der Waals surface area (Å²) in [5.41, 5.74) is -0.0636. The molecular formula is C16H20FN3O2. The molecule has 6 heteroatoms. The van der Waals surface area contributed by atoms with E-state index in [4.69, 9.17) is 9.84 Å². The second kappa shape index (κ2) is 7.17. The highest BCUT2D eigenvalue weighted by atomic mass is 19.1. The summed E-state index contributed by atoms with van der Waals surface area (Å²) in [6.45, 7) is 4.88. The van der Waals surface area contributed by atoms with Crippen molar-refractivity contribution in [2.24, 2.45) is 5.41 Å². The van der Waals surface area contributed by atoms with Crippen molar-refractivity contribution in [2.45, 2.75) is 20.3 Å². The van der Waals surface area contributed by atoms with Crippen molar-refractivity contribution in [2.75, 3.05) is 18.5 Å². The van der Waals surface area contributed by atoms with E-state index < -0.39 is 0 Å². The van der Waals surface area contributed by atoms with Gasteiger partial charge in [-0.3, -0.25) is 0 Å². The normalized spacial score (nSPS) is 11.3. The summed E-state index contributed by atoms with van der Waals surface area (Å²) < 4.78 is 18.4. The molecule has 0 atom stereocenters. The van der Waals surface area contributed by atoms with Gasteiger partial charge in [0.2, 0.25) is 11.8 Å². The lowest BCUT2D eigenvalue weighted by molar-refractivity contribution is 0.220. The summed E-state index contributed by atoms with van der Waals surface area (Å²) >= 11 is 0. The van der Waals surface area contributed by atoms with E-state index in [0.29, 0.717) is 30.5 Å². The third kappa shape index (κ3) is 4.96. The second-order valence-electron chi connectivity index (χ2n) is 5.77. The van der Waals surface area contributed by atoms with Crippen molar-refractivity contribution in [3.63, 3.8) is 0 Å². The van der Waals surface area contributed by atoms with Gasteiger partial charge < -0.3 is 15.2 Å². The summed E-state index contributed by atoms with van der Waals surface area (Å²) in [6.07, 6.45) is 2.28. The summed E-state index contributed by atoms with van der Waals surface area (Å²) in [7, 11) is 0. The summed E-state index contributed by atoms with van der Waals surface area (Å²) in [4.78, 5) is 8.39. The van der Waals surface area contributed by atoms with Gasteiger partial charge in [0.05, 0.1) is 0 Å². The molecule has 1 aromatic carbocycles. The fraction of sp³-hybridized carbons (Fsp3) is 0.375. The van der Waals surface area contributed by atoms with Gasteiger partial charge in [0, 0.05) is 25.4 Å². The lowest BCUT2D eigenvalue weighted by atomic mass is 9.90. The molecule has 118 valence electrons. The van der Waals surface area contributed by atoms with Gasteiger partial charge >= 0.3 is 0 Å². The SMILES string of the molecule is CC(C)(CCO)CNc1nccc(Oc2ccc(F)cc2)n1. The number of aliphatic hydroxyl groups is 1. The van der Waals surface area contributed by atoms with Gasteiger partial charge in [-0.2, -0.15) is 4.98 Å². The van der Waals surface area contributed by atoms with E-state index in [1.807, 2.05) is 0 Å². The average Bonchev–Trinajstić information content (AvgIpc) is 2.48. The van der Waals surface area contributed by atoms with Crippen LogP contribution >= 0.6 is 0 Å². The zero-order valence-corrected chi connectivity index (χ0v) is 12.7. The fourth-order valence-electron chi connectivity index (χ4n) is 1.82. The van der Waals surface area contributed by atoms with E-state index >= 15 is 0 Å². The molecule has 0 spiro atoms. The third-order valence-corrected chi connectivity index (χ3v) is 3.18. The zero-order chi connectivity index (χ0) is 16.0. The van der Waals surface area contributed by atoms with E-state index in [0.717, 1.165) is 0 Å². The molecule has 5 nitrogen and oxygen atoms in total. The van der Waals surface area contributed by atoms with E-state index in [9.17, 15) is 4.39 Å². The molecule has 0 saturated heterocycles. The van der Waals surface area contributed by atoms with Crippen molar-refractivity contribution < 1.29 is 14.2 Å². The van der Waals surface area contributed by atoms with Crippen molar-refractivity contribution in [3.8, 4) is 11.6 Å². The molecule has 0 fully saturated rings. The Hall–Kier alpha value is -2.21. The molecule has 0 aliphatic rings. The molecule has 1 aromatic heterocycles. The summed E-state index contributed by atoms with van der Waals surface area (Å²) in [5, 5.41) is 12.2. The maximum atomic E-state index is 12.9. The van der Waals surface area contributed by atoms with Crippen LogP contribution in [0.1, 0.15) is 20.3 Å². The zero-order valence-electron chi connectivity index (χ0n) is 12.7. The predicted molar refractivity (Wildman–Crippen MR) is 82.5 cm³/mol. The standard InChI is InChI=1S/C16H20FN3O2/c1-16(2,8-10-21)11-19-15-18-9-7-14(20-15)22-13-5-3-12(17)4-6-13/h3-7,9,21H,8,10-11H2,1-2H3,(H,18,19,20). The Kier molecular flexibility index (Phi) is 5.27. The highest BCUT2D eigenvalue weighted by molar-refractivity contribution is 5.31. The topological polar surface area (TPSA) is 67.3 Å². The molecule has 0 saturated carbocycles. The van der Waals surface area contributed by atoms with E-state index in [2.05, 4.69) is 29.1 Å². The lowest BCUT2D eigenvalue weighted by Gasteiger charge is -2.23. The van der Waals surface area contributed by atoms with Crippen molar-refractivity contribution in [1.29, 1.82) is 0 Å². The van der Waals surface area contributed by atoms with Crippen molar-refractivity contribution in [3.05, 3.63) is 42.3 Å². The Labute approximate surface area is 129 Å². The number of ether oxygens (including phenoxy) is 1. The van der Waals surface area contributed by atoms with Gasteiger partial charge in [-0.15, -0.1) is 0 Å². The highest BCUT2D eigenvalue weighted by Gasteiger charge is 2.17. The summed E-state index contributed by atoms with van der Waals surface area (Å²) in [5.74, 6) is 1.02. The Morgan fingerprint density at radius 2 is 1.95 bits per heavy atom. The largest absolute Gasteiger partial charge is 0.439 e. The molecule has 0 amide bonds. The van der Waals surface area contributed by atoms with Gasteiger partial charge in [0.15, 0.2) is 0 Å². The number of hydrogen-bond donors (Lipinski definition) is 2. The number of aliphatic hydroxyl groups excluding tert-OH is 1.